The van der Waals surface area contributed by atoms with Gasteiger partial charge in [0.05, 0.1) is 11.9 Å². The van der Waals surface area contributed by atoms with E-state index in [2.05, 4.69) is 57.6 Å². The van der Waals surface area contributed by atoms with Crippen LogP contribution in [-0.2, 0) is 6.61 Å². The van der Waals surface area contributed by atoms with Gasteiger partial charge in [-0.3, -0.25) is 5.43 Å². The van der Waals surface area contributed by atoms with Crippen LogP contribution in [0.3, 0.4) is 0 Å². The quantitative estimate of drug-likeness (QED) is 0.424. The molecule has 0 aliphatic rings. The molecule has 0 saturated heterocycles. The lowest BCUT2D eigenvalue weighted by Gasteiger charge is -2.10. The van der Waals surface area contributed by atoms with Crippen molar-refractivity contribution in [1.82, 2.24) is 0 Å². The first-order valence-electron chi connectivity index (χ1n) is 8.03. The molecule has 25 heavy (non-hydrogen) atoms. The Kier molecular flexibility index (Phi) is 5.86. The molecule has 0 bridgehead atoms. The van der Waals surface area contributed by atoms with Gasteiger partial charge < -0.3 is 4.74 Å². The fourth-order valence-electron chi connectivity index (χ4n) is 2.29. The van der Waals surface area contributed by atoms with Gasteiger partial charge in [0.15, 0.2) is 0 Å². The highest BCUT2D eigenvalue weighted by atomic mass is 79.9. The zero-order chi connectivity index (χ0) is 17.5. The van der Waals surface area contributed by atoms with Crippen molar-refractivity contribution < 1.29 is 4.74 Å². The van der Waals surface area contributed by atoms with Crippen LogP contribution in [0.4, 0.5) is 5.69 Å². The van der Waals surface area contributed by atoms with Crippen molar-refractivity contribution in [3.8, 4) is 5.75 Å². The summed E-state index contributed by atoms with van der Waals surface area (Å²) in [5, 5.41) is 4.30. The summed E-state index contributed by atoms with van der Waals surface area (Å²) in [7, 11) is 0. The van der Waals surface area contributed by atoms with Crippen molar-refractivity contribution >= 4 is 27.8 Å². The molecule has 0 unspecified atom stereocenters. The number of nitrogens with one attached hydrogen (secondary N) is 1. The molecule has 0 saturated carbocycles. The highest BCUT2D eigenvalue weighted by molar-refractivity contribution is 9.10. The number of benzene rings is 3. The largest absolute Gasteiger partial charge is 0.488 e. The zero-order valence-corrected chi connectivity index (χ0v) is 15.5. The summed E-state index contributed by atoms with van der Waals surface area (Å²) in [6.07, 6.45) is 1.77. The fourth-order valence-corrected chi connectivity index (χ4v) is 2.66. The van der Waals surface area contributed by atoms with Crippen LogP contribution < -0.4 is 10.2 Å². The van der Waals surface area contributed by atoms with Gasteiger partial charge in [-0.05, 0) is 42.8 Å². The Bertz CT molecular complexity index is 846. The van der Waals surface area contributed by atoms with Crippen molar-refractivity contribution in [3.05, 3.63) is 94.0 Å². The molecule has 3 nitrogen and oxygen atoms in total. The molecule has 0 atom stereocenters. The second kappa shape index (κ2) is 8.49. The van der Waals surface area contributed by atoms with Crippen molar-refractivity contribution in [2.75, 3.05) is 5.43 Å². The maximum absolute atomic E-state index is 5.98. The molecule has 0 heterocycles. The van der Waals surface area contributed by atoms with Crippen LogP contribution >= 0.6 is 15.9 Å². The lowest BCUT2D eigenvalue weighted by Crippen LogP contribution is -1.99. The van der Waals surface area contributed by atoms with Crippen molar-refractivity contribution in [1.29, 1.82) is 0 Å². The average Bonchev–Trinajstić information content (AvgIpc) is 2.63. The molecule has 0 aliphatic heterocycles. The molecule has 0 fully saturated rings. The Balaban J connectivity index is 1.70. The topological polar surface area (TPSA) is 33.6 Å². The van der Waals surface area contributed by atoms with E-state index in [4.69, 9.17) is 4.74 Å². The van der Waals surface area contributed by atoms with Crippen molar-refractivity contribution in [3.63, 3.8) is 0 Å². The molecule has 0 aliphatic carbocycles. The average molecular weight is 395 g/mol. The first-order valence-corrected chi connectivity index (χ1v) is 8.82. The van der Waals surface area contributed by atoms with Gasteiger partial charge in [0.25, 0.3) is 0 Å². The third kappa shape index (κ3) is 5.19. The molecule has 3 rings (SSSR count). The summed E-state index contributed by atoms with van der Waals surface area (Å²) < 4.78 is 6.96. The zero-order valence-electron chi connectivity index (χ0n) is 13.9. The normalized spacial score (nSPS) is 10.8. The van der Waals surface area contributed by atoms with Gasteiger partial charge in [0.1, 0.15) is 12.4 Å². The number of para-hydroxylation sites is 1. The number of nitrogens with zero attached hydrogens (tertiary/aromatic N) is 1. The molecule has 3 aromatic carbocycles. The monoisotopic (exact) mass is 394 g/mol. The van der Waals surface area contributed by atoms with Gasteiger partial charge >= 0.3 is 0 Å². The maximum Gasteiger partial charge on any atom is 0.128 e. The number of rotatable bonds is 6. The number of hydrogen-bond donors (Lipinski definition) is 1. The molecule has 4 heteroatoms. The Morgan fingerprint density at radius 3 is 2.52 bits per heavy atom. The van der Waals surface area contributed by atoms with E-state index in [0.29, 0.717) is 6.61 Å². The number of ether oxygens (including phenoxy) is 1. The van der Waals surface area contributed by atoms with E-state index >= 15 is 0 Å². The summed E-state index contributed by atoms with van der Waals surface area (Å²) in [6.45, 7) is 2.60. The second-order valence-electron chi connectivity index (χ2n) is 5.69. The molecule has 0 spiro atoms. The van der Waals surface area contributed by atoms with E-state index < -0.39 is 0 Å². The number of aryl methyl sites for hydroxylation is 1. The third-order valence-corrected chi connectivity index (χ3v) is 4.15. The van der Waals surface area contributed by atoms with Crippen LogP contribution in [0.5, 0.6) is 5.75 Å². The van der Waals surface area contributed by atoms with Gasteiger partial charge in [0.2, 0.25) is 0 Å². The fraction of sp³-hybridized carbons (Fsp3) is 0.0952. The molecule has 0 aromatic heterocycles. The van der Waals surface area contributed by atoms with Gasteiger partial charge in [-0.25, -0.2) is 0 Å². The van der Waals surface area contributed by atoms with Gasteiger partial charge in [0, 0.05) is 10.0 Å². The van der Waals surface area contributed by atoms with E-state index in [1.54, 1.807) is 6.21 Å². The molecule has 126 valence electrons. The lowest BCUT2D eigenvalue weighted by atomic mass is 10.1. The van der Waals surface area contributed by atoms with E-state index in [0.717, 1.165) is 27.0 Å². The van der Waals surface area contributed by atoms with Gasteiger partial charge in [-0.2, -0.15) is 5.10 Å². The Morgan fingerprint density at radius 2 is 1.76 bits per heavy atom. The minimum absolute atomic E-state index is 0.523. The minimum atomic E-state index is 0.523. The predicted octanol–water partition coefficient (Wildman–Crippen LogP) is 5.78. The molecule has 0 amide bonds. The maximum atomic E-state index is 5.98. The summed E-state index contributed by atoms with van der Waals surface area (Å²) in [5.74, 6) is 0.794. The molecular weight excluding hydrogens is 376 g/mol. The predicted molar refractivity (Wildman–Crippen MR) is 107 cm³/mol. The minimum Gasteiger partial charge on any atom is -0.488 e. The van der Waals surface area contributed by atoms with Gasteiger partial charge in [-0.1, -0.05) is 64.0 Å². The number of hydrogen-bond acceptors (Lipinski definition) is 3. The van der Waals surface area contributed by atoms with Crippen LogP contribution in [0.25, 0.3) is 0 Å². The molecule has 1 N–H and O–H groups in total. The molecule has 0 radical (unpaired) electrons. The number of halogens is 1. The smallest absolute Gasteiger partial charge is 0.128 e. The number of hydrazone groups is 1. The summed E-state index contributed by atoms with van der Waals surface area (Å²) in [5.41, 5.74) is 7.25. The van der Waals surface area contributed by atoms with Crippen molar-refractivity contribution in [2.24, 2.45) is 5.10 Å². The standard InChI is InChI=1S/C21H19BrN2O/c1-16-7-9-17(10-8-16)15-25-21-12-11-19(22)13-18(21)14-23-24-20-5-3-2-4-6-20/h2-14,24H,15H2,1H3. The van der Waals surface area contributed by atoms with Crippen LogP contribution in [0.1, 0.15) is 16.7 Å². The Labute approximate surface area is 156 Å². The SMILES string of the molecule is Cc1ccc(COc2ccc(Br)cc2C=NNc2ccccc2)cc1. The first-order chi connectivity index (χ1) is 12.2. The second-order valence-corrected chi connectivity index (χ2v) is 6.61. The van der Waals surface area contributed by atoms with Crippen LogP contribution in [0.15, 0.2) is 82.4 Å². The van der Waals surface area contributed by atoms with Crippen LogP contribution in [0.2, 0.25) is 0 Å². The van der Waals surface area contributed by atoms with Crippen LogP contribution in [0, 0.1) is 6.92 Å². The summed E-state index contributed by atoms with van der Waals surface area (Å²) in [4.78, 5) is 0. The summed E-state index contributed by atoms with van der Waals surface area (Å²) in [6, 6.07) is 24.1. The van der Waals surface area contributed by atoms with Gasteiger partial charge in [-0.15, -0.1) is 0 Å². The Hall–Kier alpha value is -2.59. The van der Waals surface area contributed by atoms with E-state index in [9.17, 15) is 0 Å². The summed E-state index contributed by atoms with van der Waals surface area (Å²) >= 11 is 3.50. The molecular formula is C21H19BrN2O. The Morgan fingerprint density at radius 1 is 1.00 bits per heavy atom. The third-order valence-electron chi connectivity index (χ3n) is 3.66. The highest BCUT2D eigenvalue weighted by Crippen LogP contribution is 2.23. The van der Waals surface area contributed by atoms with E-state index in [1.165, 1.54) is 5.56 Å². The highest BCUT2D eigenvalue weighted by Gasteiger charge is 2.04. The molecule has 3 aromatic rings. The first kappa shape index (κ1) is 17.2. The number of anilines is 1. The van der Waals surface area contributed by atoms with E-state index in [1.807, 2.05) is 48.5 Å². The van der Waals surface area contributed by atoms with Crippen molar-refractivity contribution in [2.45, 2.75) is 13.5 Å². The van der Waals surface area contributed by atoms with E-state index in [-0.39, 0.29) is 0 Å². The lowest BCUT2D eigenvalue weighted by molar-refractivity contribution is 0.305. The van der Waals surface area contributed by atoms with Crippen LogP contribution in [-0.4, -0.2) is 6.21 Å².